The van der Waals surface area contributed by atoms with E-state index in [0.29, 0.717) is 23.7 Å². The average molecular weight is 591 g/mol. The number of hydrogen-bond donors (Lipinski definition) is 2. The van der Waals surface area contributed by atoms with Gasteiger partial charge in [0.2, 0.25) is 0 Å². The highest BCUT2D eigenvalue weighted by Crippen LogP contribution is 2.66. The summed E-state index contributed by atoms with van der Waals surface area (Å²) in [7, 11) is 0. The van der Waals surface area contributed by atoms with Crippen LogP contribution in [-0.2, 0) is 4.74 Å². The summed E-state index contributed by atoms with van der Waals surface area (Å²) in [6.45, 7) is 22.2. The van der Waals surface area contributed by atoms with Crippen LogP contribution in [0.4, 0.5) is 0 Å². The fourth-order valence-corrected chi connectivity index (χ4v) is 7.63. The van der Waals surface area contributed by atoms with Crippen molar-refractivity contribution in [1.29, 1.82) is 0 Å². The number of ether oxygens (including phenoxy) is 1. The second-order valence-electron chi connectivity index (χ2n) is 15.8. The van der Waals surface area contributed by atoms with Crippen molar-refractivity contribution >= 4 is 0 Å². The minimum atomic E-state index is -0.266. The molecule has 1 heterocycles. The van der Waals surface area contributed by atoms with Gasteiger partial charge in [-0.15, -0.1) is 0 Å². The molecule has 1 saturated carbocycles. The van der Waals surface area contributed by atoms with Crippen LogP contribution in [0.3, 0.4) is 0 Å². The van der Waals surface area contributed by atoms with Crippen molar-refractivity contribution in [3.05, 3.63) is 59.8 Å². The van der Waals surface area contributed by atoms with Gasteiger partial charge in [-0.1, -0.05) is 121 Å². The van der Waals surface area contributed by atoms with Crippen LogP contribution in [0, 0.1) is 46.3 Å². The molecule has 2 aliphatic carbocycles. The highest BCUT2D eigenvalue weighted by atomic mass is 16.6. The van der Waals surface area contributed by atoms with Crippen LogP contribution in [0.5, 0.6) is 0 Å². The topological polar surface area (TPSA) is 53.0 Å². The Kier molecular flexibility index (Phi) is 12.0. The quantitative estimate of drug-likeness (QED) is 0.135. The Morgan fingerprint density at radius 3 is 2.19 bits per heavy atom. The predicted molar refractivity (Wildman–Crippen MR) is 182 cm³/mol. The Balaban J connectivity index is 1.35. The number of aliphatic hydroxyl groups is 2. The largest absolute Gasteiger partial charge is 0.393 e. The van der Waals surface area contributed by atoms with E-state index < -0.39 is 0 Å². The van der Waals surface area contributed by atoms with E-state index in [4.69, 9.17) is 4.74 Å². The monoisotopic (exact) mass is 590 g/mol. The molecule has 3 heteroatoms. The molecule has 0 aromatic rings. The van der Waals surface area contributed by atoms with Crippen LogP contribution < -0.4 is 0 Å². The summed E-state index contributed by atoms with van der Waals surface area (Å²) in [5, 5.41) is 20.4. The lowest BCUT2D eigenvalue weighted by atomic mass is 9.63. The number of epoxide rings is 1. The lowest BCUT2D eigenvalue weighted by molar-refractivity contribution is 0.0513. The Labute approximate surface area is 264 Å². The molecular formula is C40H62O3. The highest BCUT2D eigenvalue weighted by molar-refractivity contribution is 5.40. The van der Waals surface area contributed by atoms with Crippen LogP contribution in [0.15, 0.2) is 59.8 Å². The zero-order valence-corrected chi connectivity index (χ0v) is 29.0. The maximum atomic E-state index is 10.3. The summed E-state index contributed by atoms with van der Waals surface area (Å²) in [6, 6.07) is 0. The molecular weight excluding hydrogens is 528 g/mol. The van der Waals surface area contributed by atoms with Crippen molar-refractivity contribution in [3.8, 4) is 11.8 Å². The van der Waals surface area contributed by atoms with Crippen LogP contribution in [-0.4, -0.2) is 33.6 Å². The SMILES string of the molecule is CC1=C(C#CC(C)C/C=C/C(C)CC/C=C/C(C)/C=C/CC(C)/C=C/[C@@]23O[C@]2(C)C[C@@H](O)CC3(C)C)C(C)(C)C[C@H](O)C1. The van der Waals surface area contributed by atoms with E-state index in [1.165, 1.54) is 11.1 Å². The summed E-state index contributed by atoms with van der Waals surface area (Å²) in [4.78, 5) is 0. The standard InChI is InChI=1S/C40H62O3/c1-29(17-13-19-31(3)21-22-36-33(5)25-34(41)26-37(36,6)7)15-11-12-16-30(2)18-14-20-32(4)23-24-40-38(8,9)27-35(42)28-39(40,10)43-40/h12-14,16-18,23-24,29-32,34-35,41-42H,11,15,19-20,25-28H2,1-10H3/b16-12+,17-13+,18-14+,24-23+/t29?,30?,31?,32?,34-,35+,39-,40+/m1/s1. The average Bonchev–Trinajstić information content (AvgIpc) is 3.49. The number of fused-ring (bicyclic) bond motifs is 1. The molecule has 0 aromatic heterocycles. The van der Waals surface area contributed by atoms with E-state index in [0.717, 1.165) is 51.4 Å². The van der Waals surface area contributed by atoms with Gasteiger partial charge in [0.1, 0.15) is 11.2 Å². The Bertz CT molecular complexity index is 1150. The number of hydrogen-bond acceptors (Lipinski definition) is 3. The molecule has 2 fully saturated rings. The molecule has 0 radical (unpaired) electrons. The van der Waals surface area contributed by atoms with E-state index in [2.05, 4.69) is 130 Å². The van der Waals surface area contributed by atoms with Gasteiger partial charge in [-0.3, -0.25) is 0 Å². The van der Waals surface area contributed by atoms with Gasteiger partial charge in [-0.25, -0.2) is 0 Å². The van der Waals surface area contributed by atoms with Crippen LogP contribution in [0.25, 0.3) is 0 Å². The van der Waals surface area contributed by atoms with Gasteiger partial charge in [0.05, 0.1) is 12.2 Å². The lowest BCUT2D eigenvalue weighted by Crippen LogP contribution is -2.46. The summed E-state index contributed by atoms with van der Waals surface area (Å²) in [5.74, 6) is 8.72. The van der Waals surface area contributed by atoms with Crippen molar-refractivity contribution in [3.63, 3.8) is 0 Å². The first kappa shape index (κ1) is 35.6. The number of rotatable bonds is 12. The van der Waals surface area contributed by atoms with Crippen LogP contribution in [0.1, 0.15) is 121 Å². The van der Waals surface area contributed by atoms with E-state index in [-0.39, 0.29) is 34.2 Å². The maximum absolute atomic E-state index is 10.3. The first-order valence-electron chi connectivity index (χ1n) is 17.0. The zero-order valence-electron chi connectivity index (χ0n) is 29.0. The van der Waals surface area contributed by atoms with Gasteiger partial charge < -0.3 is 14.9 Å². The highest BCUT2D eigenvalue weighted by Gasteiger charge is 2.74. The zero-order chi connectivity index (χ0) is 32.1. The van der Waals surface area contributed by atoms with Crippen molar-refractivity contribution in [1.82, 2.24) is 0 Å². The van der Waals surface area contributed by atoms with Crippen molar-refractivity contribution < 1.29 is 14.9 Å². The summed E-state index contributed by atoms with van der Waals surface area (Å²) in [6.07, 6.45) is 25.4. The molecule has 240 valence electrons. The van der Waals surface area contributed by atoms with Crippen molar-refractivity contribution in [2.24, 2.45) is 34.5 Å². The van der Waals surface area contributed by atoms with Crippen LogP contribution >= 0.6 is 0 Å². The molecule has 8 atom stereocenters. The molecule has 0 aromatic carbocycles. The molecule has 4 unspecified atom stereocenters. The van der Waals surface area contributed by atoms with E-state index >= 15 is 0 Å². The third-order valence-electron chi connectivity index (χ3n) is 10.1. The Morgan fingerprint density at radius 1 is 0.837 bits per heavy atom. The fourth-order valence-electron chi connectivity index (χ4n) is 7.63. The van der Waals surface area contributed by atoms with E-state index in [1.54, 1.807) is 0 Å². The number of aliphatic hydroxyl groups excluding tert-OH is 2. The fraction of sp³-hybridized carbons (Fsp3) is 0.700. The smallest absolute Gasteiger partial charge is 0.121 e. The van der Waals surface area contributed by atoms with Crippen molar-refractivity contribution in [2.45, 2.75) is 144 Å². The minimum absolute atomic E-state index is 0.0393. The van der Waals surface area contributed by atoms with Gasteiger partial charge >= 0.3 is 0 Å². The molecule has 3 rings (SSSR count). The van der Waals surface area contributed by atoms with Gasteiger partial charge in [-0.2, -0.15) is 0 Å². The molecule has 3 aliphatic rings. The Morgan fingerprint density at radius 2 is 1.51 bits per heavy atom. The normalized spacial score (nSPS) is 33.0. The van der Waals surface area contributed by atoms with Gasteiger partial charge in [0.25, 0.3) is 0 Å². The van der Waals surface area contributed by atoms with E-state index in [9.17, 15) is 10.2 Å². The summed E-state index contributed by atoms with van der Waals surface area (Å²) in [5.41, 5.74) is 1.92. The molecule has 0 bridgehead atoms. The third kappa shape index (κ3) is 9.32. The Hall–Kier alpha value is -1.86. The summed E-state index contributed by atoms with van der Waals surface area (Å²) < 4.78 is 6.29. The van der Waals surface area contributed by atoms with Crippen LogP contribution in [0.2, 0.25) is 0 Å². The predicted octanol–water partition coefficient (Wildman–Crippen LogP) is 9.53. The molecule has 0 spiro atoms. The number of allylic oxidation sites excluding steroid dienone is 8. The minimum Gasteiger partial charge on any atom is -0.393 e. The molecule has 0 amide bonds. The van der Waals surface area contributed by atoms with Gasteiger partial charge in [-0.05, 0) is 76.5 Å². The first-order valence-corrected chi connectivity index (χ1v) is 17.0. The van der Waals surface area contributed by atoms with Crippen molar-refractivity contribution in [2.75, 3.05) is 0 Å². The third-order valence-corrected chi connectivity index (χ3v) is 10.1. The molecule has 3 nitrogen and oxygen atoms in total. The second-order valence-corrected chi connectivity index (χ2v) is 15.8. The lowest BCUT2D eigenvalue weighted by Gasteiger charge is -2.39. The second kappa shape index (κ2) is 14.5. The first-order chi connectivity index (χ1) is 20.0. The molecule has 2 N–H and O–H groups in total. The van der Waals surface area contributed by atoms with Gasteiger partial charge in [0.15, 0.2) is 0 Å². The molecule has 43 heavy (non-hydrogen) atoms. The maximum Gasteiger partial charge on any atom is 0.121 e. The molecule has 1 saturated heterocycles. The summed E-state index contributed by atoms with van der Waals surface area (Å²) >= 11 is 0. The van der Waals surface area contributed by atoms with E-state index in [1.807, 2.05) is 0 Å². The molecule has 1 aliphatic heterocycles. The van der Waals surface area contributed by atoms with Gasteiger partial charge in [0, 0.05) is 28.7 Å².